The van der Waals surface area contributed by atoms with Crippen LogP contribution in [0.25, 0.3) is 0 Å². The molecule has 15 heavy (non-hydrogen) atoms. The van der Waals surface area contributed by atoms with Crippen LogP contribution in [0.5, 0.6) is 0 Å². The minimum absolute atomic E-state index is 0.239. The summed E-state index contributed by atoms with van der Waals surface area (Å²) in [4.78, 5) is 13.2. The number of likely N-dealkylation sites (tertiary alicyclic amines) is 1. The van der Waals surface area contributed by atoms with Gasteiger partial charge >= 0.3 is 6.18 Å². The number of alkyl halides is 3. The van der Waals surface area contributed by atoms with Gasteiger partial charge in [0.15, 0.2) is 0 Å². The molecule has 1 amide bonds. The highest BCUT2D eigenvalue weighted by molar-refractivity contribution is 5.81. The highest BCUT2D eigenvalue weighted by atomic mass is 19.4. The summed E-state index contributed by atoms with van der Waals surface area (Å²) in [5.74, 6) is -0.239. The molecule has 0 aliphatic carbocycles. The van der Waals surface area contributed by atoms with Gasteiger partial charge in [0.25, 0.3) is 0 Å². The molecule has 0 radical (unpaired) electrons. The Balaban J connectivity index is 2.32. The van der Waals surface area contributed by atoms with Crippen LogP contribution in [-0.4, -0.2) is 42.7 Å². The van der Waals surface area contributed by atoms with Gasteiger partial charge in [-0.1, -0.05) is 0 Å². The van der Waals surface area contributed by atoms with E-state index in [2.05, 4.69) is 5.32 Å². The first-order valence-corrected chi connectivity index (χ1v) is 4.99. The maximum atomic E-state index is 11.9. The molecule has 1 aliphatic rings. The summed E-state index contributed by atoms with van der Waals surface area (Å²) in [7, 11) is 0. The molecule has 0 aromatic carbocycles. The van der Waals surface area contributed by atoms with Crippen LogP contribution in [0.3, 0.4) is 0 Å². The van der Waals surface area contributed by atoms with Gasteiger partial charge in [-0.3, -0.25) is 10.1 Å². The quantitative estimate of drug-likeness (QED) is 0.780. The summed E-state index contributed by atoms with van der Waals surface area (Å²) >= 11 is 0. The van der Waals surface area contributed by atoms with Crippen LogP contribution >= 0.6 is 0 Å². The van der Waals surface area contributed by atoms with Gasteiger partial charge in [0.2, 0.25) is 5.91 Å². The standard InChI is InChI=1S/C9H15F3N2O/c1-7(13-6-9(10,11)12)8(15)14-4-2-3-5-14/h7,13H,2-6H2,1H3. The SMILES string of the molecule is CC(NCC(F)(F)F)C(=O)N1CCCC1. The molecular formula is C9H15F3N2O. The third-order valence-corrected chi connectivity index (χ3v) is 2.40. The Morgan fingerprint density at radius 3 is 2.40 bits per heavy atom. The maximum Gasteiger partial charge on any atom is 0.401 e. The number of nitrogens with zero attached hydrogens (tertiary/aromatic N) is 1. The van der Waals surface area contributed by atoms with Crippen molar-refractivity contribution < 1.29 is 18.0 Å². The van der Waals surface area contributed by atoms with Gasteiger partial charge in [0.05, 0.1) is 12.6 Å². The largest absolute Gasteiger partial charge is 0.401 e. The first-order valence-electron chi connectivity index (χ1n) is 4.99. The highest BCUT2D eigenvalue weighted by Crippen LogP contribution is 2.13. The van der Waals surface area contributed by atoms with Crippen LogP contribution < -0.4 is 5.32 Å². The Bertz CT molecular complexity index is 224. The zero-order chi connectivity index (χ0) is 11.5. The second-order valence-corrected chi connectivity index (χ2v) is 3.75. The molecule has 0 aromatic heterocycles. The van der Waals surface area contributed by atoms with Crippen molar-refractivity contribution in [3.8, 4) is 0 Å². The van der Waals surface area contributed by atoms with E-state index in [1.807, 2.05) is 0 Å². The predicted molar refractivity (Wildman–Crippen MR) is 49.3 cm³/mol. The van der Waals surface area contributed by atoms with Crippen molar-refractivity contribution in [3.05, 3.63) is 0 Å². The lowest BCUT2D eigenvalue weighted by atomic mass is 10.3. The molecule has 1 atom stereocenters. The van der Waals surface area contributed by atoms with Crippen molar-refractivity contribution in [1.82, 2.24) is 10.2 Å². The van der Waals surface area contributed by atoms with Crippen molar-refractivity contribution in [2.75, 3.05) is 19.6 Å². The fourth-order valence-corrected chi connectivity index (χ4v) is 1.57. The second-order valence-electron chi connectivity index (χ2n) is 3.75. The molecule has 1 N–H and O–H groups in total. The van der Waals surface area contributed by atoms with Gasteiger partial charge in [0.1, 0.15) is 0 Å². The van der Waals surface area contributed by atoms with Crippen LogP contribution in [0.1, 0.15) is 19.8 Å². The number of carbonyl (C=O) groups is 1. The van der Waals surface area contributed by atoms with E-state index in [0.29, 0.717) is 13.1 Å². The summed E-state index contributed by atoms with van der Waals surface area (Å²) in [6, 6.07) is -0.760. The zero-order valence-corrected chi connectivity index (χ0v) is 8.60. The lowest BCUT2D eigenvalue weighted by Crippen LogP contribution is -2.46. The third-order valence-electron chi connectivity index (χ3n) is 2.40. The Kier molecular flexibility index (Phi) is 3.96. The number of hydrogen-bond donors (Lipinski definition) is 1. The molecule has 1 saturated heterocycles. The lowest BCUT2D eigenvalue weighted by molar-refractivity contribution is -0.137. The van der Waals surface area contributed by atoms with Crippen molar-refractivity contribution in [3.63, 3.8) is 0 Å². The van der Waals surface area contributed by atoms with E-state index in [4.69, 9.17) is 0 Å². The van der Waals surface area contributed by atoms with Crippen molar-refractivity contribution in [2.24, 2.45) is 0 Å². The summed E-state index contributed by atoms with van der Waals surface area (Å²) in [6.07, 6.45) is -2.38. The first-order chi connectivity index (χ1) is 6.90. The smallest absolute Gasteiger partial charge is 0.341 e. The van der Waals surface area contributed by atoms with Gasteiger partial charge in [-0.25, -0.2) is 0 Å². The Hall–Kier alpha value is -0.780. The summed E-state index contributed by atoms with van der Waals surface area (Å²) in [5, 5.41) is 2.18. The van der Waals surface area contributed by atoms with E-state index in [9.17, 15) is 18.0 Å². The van der Waals surface area contributed by atoms with Gasteiger partial charge < -0.3 is 4.90 Å². The van der Waals surface area contributed by atoms with E-state index in [1.165, 1.54) is 6.92 Å². The fourth-order valence-electron chi connectivity index (χ4n) is 1.57. The second kappa shape index (κ2) is 4.83. The number of nitrogens with one attached hydrogen (secondary N) is 1. The molecule has 1 unspecified atom stereocenters. The molecule has 6 heteroatoms. The Morgan fingerprint density at radius 2 is 1.93 bits per heavy atom. The van der Waals surface area contributed by atoms with Crippen molar-refractivity contribution in [1.29, 1.82) is 0 Å². The third kappa shape index (κ3) is 4.07. The zero-order valence-electron chi connectivity index (χ0n) is 8.60. The maximum absolute atomic E-state index is 11.9. The number of hydrogen-bond acceptors (Lipinski definition) is 2. The van der Waals surface area contributed by atoms with E-state index in [-0.39, 0.29) is 5.91 Å². The number of carbonyl (C=O) groups excluding carboxylic acids is 1. The molecule has 3 nitrogen and oxygen atoms in total. The van der Waals surface area contributed by atoms with E-state index in [0.717, 1.165) is 12.8 Å². The van der Waals surface area contributed by atoms with Gasteiger partial charge in [-0.05, 0) is 19.8 Å². The summed E-state index contributed by atoms with van der Waals surface area (Å²) in [6.45, 7) is 1.67. The number of amides is 1. The molecule has 0 aromatic rings. The topological polar surface area (TPSA) is 32.3 Å². The van der Waals surface area contributed by atoms with Crippen LogP contribution in [0.2, 0.25) is 0 Å². The summed E-state index contributed by atoms with van der Waals surface area (Å²) < 4.78 is 35.6. The molecular weight excluding hydrogens is 209 g/mol. The molecule has 0 saturated carbocycles. The van der Waals surface area contributed by atoms with E-state index in [1.54, 1.807) is 4.90 Å². The summed E-state index contributed by atoms with van der Waals surface area (Å²) in [5.41, 5.74) is 0. The Labute approximate surface area is 86.6 Å². The minimum atomic E-state index is -4.26. The minimum Gasteiger partial charge on any atom is -0.341 e. The normalized spacial score (nSPS) is 19.3. The molecule has 0 spiro atoms. The first kappa shape index (κ1) is 12.3. The molecule has 0 bridgehead atoms. The van der Waals surface area contributed by atoms with Crippen LogP contribution in [0.4, 0.5) is 13.2 Å². The highest BCUT2D eigenvalue weighted by Gasteiger charge is 2.30. The monoisotopic (exact) mass is 224 g/mol. The molecule has 1 aliphatic heterocycles. The van der Waals surface area contributed by atoms with Crippen molar-refractivity contribution >= 4 is 5.91 Å². The van der Waals surface area contributed by atoms with E-state index < -0.39 is 18.8 Å². The van der Waals surface area contributed by atoms with Gasteiger partial charge in [0, 0.05) is 13.1 Å². The molecule has 88 valence electrons. The number of halogens is 3. The van der Waals surface area contributed by atoms with Crippen LogP contribution in [0.15, 0.2) is 0 Å². The number of rotatable bonds is 3. The molecule has 1 fully saturated rings. The van der Waals surface area contributed by atoms with Gasteiger partial charge in [-0.2, -0.15) is 13.2 Å². The average molecular weight is 224 g/mol. The molecule has 1 heterocycles. The van der Waals surface area contributed by atoms with Crippen LogP contribution in [-0.2, 0) is 4.79 Å². The van der Waals surface area contributed by atoms with Crippen LogP contribution in [0, 0.1) is 0 Å². The van der Waals surface area contributed by atoms with E-state index >= 15 is 0 Å². The lowest BCUT2D eigenvalue weighted by Gasteiger charge is -2.21. The fraction of sp³-hybridized carbons (Fsp3) is 0.889. The van der Waals surface area contributed by atoms with Gasteiger partial charge in [-0.15, -0.1) is 0 Å². The Morgan fingerprint density at radius 1 is 1.40 bits per heavy atom. The molecule has 1 rings (SSSR count). The average Bonchev–Trinajstić information content (AvgIpc) is 2.64. The predicted octanol–water partition coefficient (Wildman–Crippen LogP) is 1.15. The van der Waals surface area contributed by atoms with Crippen molar-refractivity contribution in [2.45, 2.75) is 32.0 Å².